The quantitative estimate of drug-likeness (QED) is 0.307. The van der Waals surface area contributed by atoms with Gasteiger partial charge in [-0.05, 0) is 23.9 Å². The van der Waals surface area contributed by atoms with Crippen molar-refractivity contribution in [1.82, 2.24) is 0 Å². The van der Waals surface area contributed by atoms with Gasteiger partial charge in [0, 0.05) is 10.4 Å². The van der Waals surface area contributed by atoms with Crippen LogP contribution in [0.3, 0.4) is 0 Å². The molecular weight excluding hydrogens is 464 g/mol. The molecule has 29 heavy (non-hydrogen) atoms. The molecule has 2 aliphatic heterocycles. The minimum atomic E-state index is -0.972. The molecule has 0 spiro atoms. The van der Waals surface area contributed by atoms with Gasteiger partial charge in [-0.2, -0.15) is 0 Å². The molecule has 0 nitrogen and oxygen atoms in total. The van der Waals surface area contributed by atoms with Crippen LogP contribution in [-0.4, -0.2) is 8.07 Å². The van der Waals surface area contributed by atoms with Crippen LogP contribution >= 0.6 is 11.3 Å². The number of fused-ring (bicyclic) bond motifs is 1. The summed E-state index contributed by atoms with van der Waals surface area (Å²) < 4.78 is 0.654. The molecule has 0 fully saturated rings. The zero-order valence-electron chi connectivity index (χ0n) is 17.4. The standard InChI is InChI=1S/C16H13.C10H12SSi.Zr/c1-12-10-14-8-5-9-15(16(14)11-12)13-6-3-2-4-7-13;1-6-9-7-4-5-11-8(7)10(6)12(9,2)3;/h2-11H,1H3;4-5,10H,1-3H3;. The summed E-state index contributed by atoms with van der Waals surface area (Å²) >= 11 is 3.55. The van der Waals surface area contributed by atoms with Crippen molar-refractivity contribution in [1.29, 1.82) is 0 Å². The second-order valence-electron chi connectivity index (χ2n) is 8.91. The van der Waals surface area contributed by atoms with Gasteiger partial charge < -0.3 is 0 Å². The van der Waals surface area contributed by atoms with Crippen molar-refractivity contribution in [2.24, 2.45) is 0 Å². The van der Waals surface area contributed by atoms with Crippen LogP contribution < -0.4 is 0 Å². The number of hydrogen-bond acceptors (Lipinski definition) is 1. The average molecular weight is 489 g/mol. The molecule has 7 rings (SSSR count). The van der Waals surface area contributed by atoms with Crippen molar-refractivity contribution in [2.45, 2.75) is 36.1 Å². The maximum atomic E-state index is 2.51. The van der Waals surface area contributed by atoms with Gasteiger partial charge in [-0.25, -0.2) is 0 Å². The molecule has 3 aromatic rings. The Labute approximate surface area is 194 Å². The van der Waals surface area contributed by atoms with Gasteiger partial charge in [0.25, 0.3) is 0 Å². The molecular formula is C26H25SSiZr. The molecule has 0 radical (unpaired) electrons. The second kappa shape index (κ2) is 7.15. The van der Waals surface area contributed by atoms with Crippen molar-refractivity contribution >= 4 is 30.7 Å². The van der Waals surface area contributed by atoms with Crippen molar-refractivity contribution in [3.8, 4) is 11.1 Å². The maximum absolute atomic E-state index is 2.51. The number of rotatable bonds is 1. The van der Waals surface area contributed by atoms with Gasteiger partial charge >= 0.3 is 118 Å². The molecule has 2 atom stereocenters. The minimum absolute atomic E-state index is 0.654. The first-order valence-electron chi connectivity index (χ1n) is 10.3. The monoisotopic (exact) mass is 487 g/mol. The molecule has 0 saturated carbocycles. The van der Waals surface area contributed by atoms with Crippen LogP contribution in [0.1, 0.15) is 44.6 Å². The van der Waals surface area contributed by atoms with Crippen LogP contribution in [0.25, 0.3) is 22.4 Å². The molecule has 143 valence electrons. The van der Waals surface area contributed by atoms with E-state index in [0.717, 1.165) is 5.54 Å². The summed E-state index contributed by atoms with van der Waals surface area (Å²) in [4.78, 5) is 1.68. The molecule has 2 aromatic carbocycles. The topological polar surface area (TPSA) is 0 Å². The summed E-state index contributed by atoms with van der Waals surface area (Å²) in [5, 5.41) is 4.01. The molecule has 0 amide bonds. The van der Waals surface area contributed by atoms with E-state index in [-0.39, 0.29) is 0 Å². The Bertz CT molecular complexity index is 1170. The molecule has 0 N–H and O–H groups in total. The number of allylic oxidation sites excluding steroid dienone is 2. The zero-order valence-corrected chi connectivity index (χ0v) is 21.7. The Balaban J connectivity index is 0.000000132. The first-order chi connectivity index (χ1) is 13.9. The number of thiophene rings is 1. The van der Waals surface area contributed by atoms with E-state index >= 15 is 0 Å². The van der Waals surface area contributed by atoms with E-state index in [2.05, 4.69) is 93.0 Å². The van der Waals surface area contributed by atoms with Crippen molar-refractivity contribution < 1.29 is 24.7 Å². The van der Waals surface area contributed by atoms with Gasteiger partial charge in [-0.15, -0.1) is 11.3 Å². The fourth-order valence-electron chi connectivity index (χ4n) is 5.52. The summed E-state index contributed by atoms with van der Waals surface area (Å²) in [6, 6.07) is 19.7. The Morgan fingerprint density at radius 1 is 0.897 bits per heavy atom. The van der Waals surface area contributed by atoms with E-state index in [1.54, 1.807) is 45.9 Å². The Morgan fingerprint density at radius 2 is 1.66 bits per heavy atom. The van der Waals surface area contributed by atoms with Gasteiger partial charge in [-0.3, -0.25) is 0 Å². The zero-order chi connectivity index (χ0) is 20.3. The third-order valence-corrected chi connectivity index (χ3v) is 14.0. The summed E-state index contributed by atoms with van der Waals surface area (Å²) in [7, 11) is -0.972. The average Bonchev–Trinajstić information content (AvgIpc) is 3.40. The molecule has 3 heteroatoms. The van der Waals surface area contributed by atoms with Gasteiger partial charge in [0.2, 0.25) is 0 Å². The van der Waals surface area contributed by atoms with Gasteiger partial charge in [0.15, 0.2) is 0 Å². The fourth-order valence-corrected chi connectivity index (χ4v) is 12.7. The van der Waals surface area contributed by atoms with Crippen LogP contribution in [0.2, 0.25) is 13.1 Å². The van der Waals surface area contributed by atoms with E-state index < -0.39 is 8.07 Å². The van der Waals surface area contributed by atoms with Gasteiger partial charge in [0.1, 0.15) is 0 Å². The van der Waals surface area contributed by atoms with Crippen molar-refractivity contribution in [3.63, 3.8) is 0 Å². The molecule has 0 saturated heterocycles. The Kier molecular flexibility index (Phi) is 4.85. The summed E-state index contributed by atoms with van der Waals surface area (Å²) in [6.07, 6.45) is 2.36. The van der Waals surface area contributed by atoms with Crippen LogP contribution in [0.15, 0.2) is 71.1 Å². The SMILES string of the molecule is CC1=C2c3ccsc3C1[Si]2(C)C.CC1=Cc2c(-c3ccccc3)cccc2[CH]1[Zr]. The number of hydrogen-bond donors (Lipinski definition) is 0. The van der Waals surface area contributed by atoms with Crippen LogP contribution in [-0.2, 0) is 24.7 Å². The van der Waals surface area contributed by atoms with E-state index in [4.69, 9.17) is 0 Å². The van der Waals surface area contributed by atoms with Crippen molar-refractivity contribution in [2.75, 3.05) is 0 Å². The Morgan fingerprint density at radius 3 is 2.34 bits per heavy atom. The molecule has 2 unspecified atom stereocenters. The molecule has 2 aliphatic carbocycles. The van der Waals surface area contributed by atoms with E-state index in [9.17, 15) is 0 Å². The second-order valence-corrected chi connectivity index (χ2v) is 15.8. The van der Waals surface area contributed by atoms with Crippen LogP contribution in [0, 0.1) is 0 Å². The summed E-state index contributed by atoms with van der Waals surface area (Å²) in [5.74, 6) is 0. The third-order valence-electron chi connectivity index (χ3n) is 6.78. The van der Waals surface area contributed by atoms with Crippen LogP contribution in [0.5, 0.6) is 0 Å². The van der Waals surface area contributed by atoms with E-state index in [1.165, 1.54) is 27.8 Å². The summed E-state index contributed by atoms with van der Waals surface area (Å²) in [6.45, 7) is 9.58. The number of benzene rings is 2. The van der Waals surface area contributed by atoms with E-state index in [1.807, 2.05) is 11.3 Å². The molecule has 2 bridgehead atoms. The normalized spacial score (nSPS) is 22.2. The van der Waals surface area contributed by atoms with Gasteiger partial charge in [-0.1, -0.05) is 23.9 Å². The molecule has 3 heterocycles. The third kappa shape index (κ3) is 2.92. The van der Waals surface area contributed by atoms with Crippen LogP contribution in [0.4, 0.5) is 0 Å². The summed E-state index contributed by atoms with van der Waals surface area (Å²) in [5.41, 5.74) is 11.3. The fraction of sp³-hybridized carbons (Fsp3) is 0.231. The molecule has 4 aliphatic rings. The van der Waals surface area contributed by atoms with E-state index in [0.29, 0.717) is 3.63 Å². The first kappa shape index (κ1) is 19.7. The molecule has 1 aromatic heterocycles. The predicted octanol–water partition coefficient (Wildman–Crippen LogP) is 7.78. The van der Waals surface area contributed by atoms with Crippen molar-refractivity contribution in [3.05, 3.63) is 92.7 Å². The predicted molar refractivity (Wildman–Crippen MR) is 125 cm³/mol. The Hall–Kier alpha value is -1.28. The van der Waals surface area contributed by atoms with Gasteiger partial charge in [0.05, 0.1) is 8.07 Å². The first-order valence-corrected chi connectivity index (χ1v) is 15.7.